The summed E-state index contributed by atoms with van der Waals surface area (Å²) in [7, 11) is -2.62. The summed E-state index contributed by atoms with van der Waals surface area (Å²) in [5.74, 6) is 0. The second-order valence-electron chi connectivity index (χ2n) is 0.268. The van der Waals surface area contributed by atoms with Crippen molar-refractivity contribution in [2.75, 3.05) is 0 Å². The number of rotatable bonds is 0. The molecule has 4 nitrogen and oxygen atoms in total. The average molecular weight is 171 g/mol. The Morgan fingerprint density at radius 1 is 1.14 bits per heavy atom. The van der Waals surface area contributed by atoms with Crippen LogP contribution in [0.1, 0.15) is 2.85 Å². The Kier molecular flexibility index (Phi) is 51.5. The quantitative estimate of drug-likeness (QED) is 0.273. The standard InChI is InChI=1S/Al.Ca.H3O3P.H2O.4H/c;;1-4(2)3;;;;;/h;;1-3H;1H2;;;;/q;+2;;;;;2*-1. The van der Waals surface area contributed by atoms with Crippen LogP contribution in [0, 0.1) is 0 Å². The molecule has 0 rings (SSSR count). The Morgan fingerprint density at radius 2 is 1.14 bits per heavy atom. The maximum absolute atomic E-state index is 7.23. The minimum Gasteiger partial charge on any atom is -1.00 e. The first kappa shape index (κ1) is 23.0. The SMILES string of the molecule is O.OP(O)O.[AlH2].[Ca+2].[H-].[H-]. The van der Waals surface area contributed by atoms with Gasteiger partial charge in [-0.3, -0.25) is 0 Å². The predicted octanol–water partition coefficient (Wildman–Crippen LogP) is -2.71. The van der Waals surface area contributed by atoms with E-state index in [9.17, 15) is 0 Å². The van der Waals surface area contributed by atoms with Crippen LogP contribution in [-0.4, -0.2) is 75.3 Å². The normalized spacial score (nSPS) is 5.14. The molecule has 0 fully saturated rings. The Labute approximate surface area is 86.0 Å². The maximum atomic E-state index is 7.23. The second-order valence-corrected chi connectivity index (χ2v) is 0.805. The van der Waals surface area contributed by atoms with Gasteiger partial charge in [0.15, 0.2) is 0 Å². The van der Waals surface area contributed by atoms with Gasteiger partial charge in [0.05, 0.1) is 0 Å². The minimum atomic E-state index is -2.62. The van der Waals surface area contributed by atoms with E-state index in [1.165, 1.54) is 0 Å². The van der Waals surface area contributed by atoms with Crippen molar-refractivity contribution in [3.63, 3.8) is 0 Å². The van der Waals surface area contributed by atoms with E-state index in [1.54, 1.807) is 0 Å². The molecular weight excluding hydrogens is 162 g/mol. The fraction of sp³-hybridized carbons (Fsp3) is 0. The van der Waals surface area contributed by atoms with Gasteiger partial charge in [0.25, 0.3) is 0 Å². The number of hydrogen-bond donors (Lipinski definition) is 3. The van der Waals surface area contributed by atoms with Crippen molar-refractivity contribution >= 4 is 63.7 Å². The molecule has 0 aromatic heterocycles. The van der Waals surface area contributed by atoms with E-state index in [0.29, 0.717) is 0 Å². The van der Waals surface area contributed by atoms with Gasteiger partial charge in [-0.1, -0.05) is 0 Å². The molecule has 0 bridgehead atoms. The van der Waals surface area contributed by atoms with E-state index in [2.05, 4.69) is 0 Å². The van der Waals surface area contributed by atoms with Crippen LogP contribution in [0.5, 0.6) is 0 Å². The van der Waals surface area contributed by atoms with Crippen molar-refractivity contribution in [2.24, 2.45) is 0 Å². The topological polar surface area (TPSA) is 92.2 Å². The van der Waals surface area contributed by atoms with Crippen molar-refractivity contribution in [3.8, 4) is 0 Å². The van der Waals surface area contributed by atoms with E-state index in [4.69, 9.17) is 14.7 Å². The molecule has 0 unspecified atom stereocenters. The Hall–Kier alpha value is 2.06. The van der Waals surface area contributed by atoms with Crippen LogP contribution in [0.15, 0.2) is 0 Å². The van der Waals surface area contributed by atoms with E-state index in [0.717, 1.165) is 0 Å². The molecule has 0 saturated heterocycles. The summed E-state index contributed by atoms with van der Waals surface area (Å²) < 4.78 is 0. The molecule has 0 amide bonds. The first-order valence-electron chi connectivity index (χ1n) is 0.600. The molecule has 0 aliphatic heterocycles. The largest absolute Gasteiger partial charge is 2.00 e. The maximum Gasteiger partial charge on any atom is 2.00 e. The monoisotopic (exact) mass is 171 g/mol. The summed E-state index contributed by atoms with van der Waals surface area (Å²) in [6.45, 7) is 0. The van der Waals surface area contributed by atoms with Gasteiger partial charge in [-0.05, 0) is 0 Å². The summed E-state index contributed by atoms with van der Waals surface area (Å²) in [5, 5.41) is 0. The van der Waals surface area contributed by atoms with Gasteiger partial charge in [0, 0.05) is 0 Å². The van der Waals surface area contributed by atoms with Crippen LogP contribution in [0.3, 0.4) is 0 Å². The van der Waals surface area contributed by atoms with Crippen LogP contribution in [0.2, 0.25) is 0 Å². The summed E-state index contributed by atoms with van der Waals surface area (Å²) in [5.41, 5.74) is 0. The van der Waals surface area contributed by atoms with E-state index in [1.807, 2.05) is 0 Å². The molecule has 1 radical (unpaired) electrons. The van der Waals surface area contributed by atoms with Crippen LogP contribution in [-0.2, 0) is 0 Å². The zero-order chi connectivity index (χ0) is 3.58. The van der Waals surface area contributed by atoms with Gasteiger partial charge in [0.1, 0.15) is 17.4 Å². The molecule has 5 N–H and O–H groups in total. The summed E-state index contributed by atoms with van der Waals surface area (Å²) in [4.78, 5) is 21.7. The van der Waals surface area contributed by atoms with Crippen molar-refractivity contribution in [3.05, 3.63) is 0 Å². The second kappa shape index (κ2) is 15.7. The Bertz CT molecular complexity index is 23.3. The van der Waals surface area contributed by atoms with Gasteiger partial charge in [-0.25, -0.2) is 0 Å². The van der Waals surface area contributed by atoms with Gasteiger partial charge in [0.2, 0.25) is 0 Å². The zero-order valence-corrected chi connectivity index (χ0v) is 9.10. The Balaban J connectivity index is -0.00000000450. The Morgan fingerprint density at radius 3 is 1.14 bits per heavy atom. The van der Waals surface area contributed by atoms with Crippen molar-refractivity contribution in [2.45, 2.75) is 0 Å². The van der Waals surface area contributed by atoms with Gasteiger partial charge in [-0.15, -0.1) is 0 Å². The molecule has 7 heteroatoms. The minimum absolute atomic E-state index is 0. The zero-order valence-electron chi connectivity index (χ0n) is 6.00. The molecule has 0 aliphatic carbocycles. The van der Waals surface area contributed by atoms with E-state index in [-0.39, 0.29) is 63.4 Å². The molecule has 7 heavy (non-hydrogen) atoms. The number of hydrogen-bond acceptors (Lipinski definition) is 3. The van der Waals surface area contributed by atoms with Crippen LogP contribution < -0.4 is 0 Å². The van der Waals surface area contributed by atoms with Gasteiger partial charge < -0.3 is 23.0 Å². The van der Waals surface area contributed by atoms with Crippen LogP contribution >= 0.6 is 8.60 Å². The molecule has 0 aliphatic rings. The van der Waals surface area contributed by atoms with Crippen molar-refractivity contribution < 1.29 is 23.0 Å². The first-order valence-corrected chi connectivity index (χ1v) is 1.80. The fourth-order valence-electron chi connectivity index (χ4n) is 0. The molecule has 0 aromatic carbocycles. The molecule has 0 atom stereocenters. The van der Waals surface area contributed by atoms with E-state index >= 15 is 0 Å². The third-order valence-electron chi connectivity index (χ3n) is 0. The molecule has 0 aromatic rings. The molecular formula is H9AlCaO4P. The smallest absolute Gasteiger partial charge is 1.00 e. The molecule has 0 spiro atoms. The van der Waals surface area contributed by atoms with E-state index < -0.39 is 8.60 Å². The first-order chi connectivity index (χ1) is 1.73. The van der Waals surface area contributed by atoms with Crippen molar-refractivity contribution in [1.29, 1.82) is 0 Å². The molecule has 0 saturated carbocycles. The average Bonchev–Trinajstić information content (AvgIpc) is 0.811. The van der Waals surface area contributed by atoms with Crippen molar-refractivity contribution in [1.82, 2.24) is 0 Å². The summed E-state index contributed by atoms with van der Waals surface area (Å²) in [6.07, 6.45) is 0. The van der Waals surface area contributed by atoms with Gasteiger partial charge >= 0.3 is 46.3 Å². The van der Waals surface area contributed by atoms with Crippen LogP contribution in [0.4, 0.5) is 0 Å². The third-order valence-corrected chi connectivity index (χ3v) is 0. The molecule has 0 heterocycles. The predicted molar refractivity (Wildman–Crippen MR) is 33.7 cm³/mol. The summed E-state index contributed by atoms with van der Waals surface area (Å²) >= 11 is 0. The fourth-order valence-corrected chi connectivity index (χ4v) is 0. The third kappa shape index (κ3) is 69.7. The summed E-state index contributed by atoms with van der Waals surface area (Å²) in [6, 6.07) is 0. The van der Waals surface area contributed by atoms with Gasteiger partial charge in [-0.2, -0.15) is 0 Å². The van der Waals surface area contributed by atoms with Crippen LogP contribution in [0.25, 0.3) is 0 Å². The molecule has 43 valence electrons.